The van der Waals surface area contributed by atoms with Crippen LogP contribution in [0.3, 0.4) is 0 Å². The van der Waals surface area contributed by atoms with Gasteiger partial charge in [-0.15, -0.1) is 0 Å². The van der Waals surface area contributed by atoms with Crippen molar-refractivity contribution in [1.29, 1.82) is 0 Å². The predicted octanol–water partition coefficient (Wildman–Crippen LogP) is 3.65. The summed E-state index contributed by atoms with van der Waals surface area (Å²) in [4.78, 5) is 0. The van der Waals surface area contributed by atoms with Crippen molar-refractivity contribution in [2.45, 2.75) is 19.1 Å². The highest BCUT2D eigenvalue weighted by Crippen LogP contribution is 2.22. The number of halogens is 2. The fourth-order valence-corrected chi connectivity index (χ4v) is 2.11. The van der Waals surface area contributed by atoms with E-state index in [-0.39, 0.29) is 0 Å². The third-order valence-electron chi connectivity index (χ3n) is 1.99. The quantitative estimate of drug-likeness (QED) is 0.738. The van der Waals surface area contributed by atoms with Crippen molar-refractivity contribution in [3.8, 4) is 5.75 Å². The summed E-state index contributed by atoms with van der Waals surface area (Å²) in [7, 11) is 11.5. The first-order valence-electron chi connectivity index (χ1n) is 4.58. The smallest absolute Gasteiger partial charge is 0.494 e. The molecule has 14 heavy (non-hydrogen) atoms. The Balaban J connectivity index is 2.58. The Morgan fingerprint density at radius 3 is 2.29 bits per heavy atom. The first kappa shape index (κ1) is 12.2. The van der Waals surface area contributed by atoms with E-state index >= 15 is 0 Å². The van der Waals surface area contributed by atoms with Gasteiger partial charge in [0.15, 0.2) is 0 Å². The third kappa shape index (κ3) is 3.71. The van der Waals surface area contributed by atoms with Crippen molar-refractivity contribution in [3.63, 3.8) is 0 Å². The molecule has 0 heterocycles. The summed E-state index contributed by atoms with van der Waals surface area (Å²) in [6, 6.07) is 6.11. The molecule has 0 aliphatic carbocycles. The van der Waals surface area contributed by atoms with Crippen LogP contribution in [0.15, 0.2) is 18.2 Å². The molecule has 0 aliphatic rings. The Morgan fingerprint density at radius 1 is 1.21 bits per heavy atom. The molecule has 0 amide bonds. The van der Waals surface area contributed by atoms with Gasteiger partial charge in [-0.1, -0.05) is 18.2 Å². The first-order valence-corrected chi connectivity index (χ1v) is 8.89. The number of para-hydroxylation sites is 1. The van der Waals surface area contributed by atoms with Gasteiger partial charge in [-0.25, -0.2) is 20.1 Å². The van der Waals surface area contributed by atoms with Gasteiger partial charge in [0.2, 0.25) is 0 Å². The van der Waals surface area contributed by atoms with E-state index in [4.69, 9.17) is 24.8 Å². The Morgan fingerprint density at radius 2 is 1.79 bits per heavy atom. The van der Waals surface area contributed by atoms with Crippen LogP contribution in [0.2, 0.25) is 5.28 Å². The fraction of sp³-hybridized carbons (Fsp3) is 0.400. The van der Waals surface area contributed by atoms with Gasteiger partial charge in [0.1, 0.15) is 5.75 Å². The molecule has 0 spiro atoms. The first-order chi connectivity index (χ1) is 6.61. The van der Waals surface area contributed by atoms with E-state index in [0.717, 1.165) is 22.2 Å². The topological polar surface area (TPSA) is 9.23 Å². The monoisotopic (exact) mass is 246 g/mol. The van der Waals surface area contributed by atoms with Gasteiger partial charge in [0.05, 0.1) is 6.61 Å². The molecule has 76 valence electrons. The molecular weight excluding hydrogens is 234 g/mol. The summed E-state index contributed by atoms with van der Waals surface area (Å²) in [5, 5.41) is 0.789. The third-order valence-corrected chi connectivity index (χ3v) is 3.97. The molecule has 0 atom stereocenters. The molecule has 4 heteroatoms. The van der Waals surface area contributed by atoms with Crippen LogP contribution >= 0.6 is 20.1 Å². The van der Waals surface area contributed by atoms with Crippen molar-refractivity contribution in [3.05, 3.63) is 29.3 Å². The van der Waals surface area contributed by atoms with Crippen molar-refractivity contribution in [2.75, 3.05) is 6.61 Å². The second-order valence-corrected chi connectivity index (χ2v) is 8.44. The number of benzene rings is 1. The lowest BCUT2D eigenvalue weighted by molar-refractivity contribution is 0.335. The Kier molecular flexibility index (Phi) is 5.12. The molecular formula is C10H13AlCl2O. The summed E-state index contributed by atoms with van der Waals surface area (Å²) in [6.07, 6.45) is 0. The zero-order valence-corrected chi connectivity index (χ0v) is 11.1. The minimum atomic E-state index is -1.52. The maximum absolute atomic E-state index is 5.75. The van der Waals surface area contributed by atoms with Gasteiger partial charge in [-0.2, -0.15) is 0 Å². The lowest BCUT2D eigenvalue weighted by atomic mass is 10.1. The van der Waals surface area contributed by atoms with E-state index in [1.807, 2.05) is 32.0 Å². The standard InChI is InChI=1S/C10H13O.Al.2ClH/c1-4-11-10-8(2)6-5-7-9(10)3;;;/h5-7H,1,4H2,2-3H3;;2*1H/q;+2;;/p-2. The normalized spacial score (nSPS) is 10.0. The second kappa shape index (κ2) is 5.88. The number of rotatable bonds is 4. The average molecular weight is 247 g/mol. The van der Waals surface area contributed by atoms with Crippen LogP contribution in [-0.2, 0) is 0 Å². The van der Waals surface area contributed by atoms with E-state index < -0.39 is 12.3 Å². The Labute approximate surface area is 97.8 Å². The van der Waals surface area contributed by atoms with E-state index in [9.17, 15) is 0 Å². The fourth-order valence-electron chi connectivity index (χ4n) is 1.28. The maximum atomic E-state index is 5.75. The van der Waals surface area contributed by atoms with Crippen molar-refractivity contribution < 1.29 is 4.74 Å². The summed E-state index contributed by atoms with van der Waals surface area (Å²) < 4.78 is 5.64. The Hall–Kier alpha value is 0.132. The van der Waals surface area contributed by atoms with Gasteiger partial charge in [0.25, 0.3) is 0 Å². The summed E-state index contributed by atoms with van der Waals surface area (Å²) >= 11 is -1.52. The van der Waals surface area contributed by atoms with Gasteiger partial charge in [-0.05, 0) is 30.3 Å². The van der Waals surface area contributed by atoms with Crippen LogP contribution in [0.5, 0.6) is 5.75 Å². The number of hydrogen-bond acceptors (Lipinski definition) is 1. The molecule has 1 nitrogen and oxygen atoms in total. The second-order valence-electron chi connectivity index (χ2n) is 3.25. The highest BCUT2D eigenvalue weighted by atomic mass is 35.7. The molecule has 0 aromatic heterocycles. The summed E-state index contributed by atoms with van der Waals surface area (Å²) in [5.41, 5.74) is 2.32. The number of hydrogen-bond donors (Lipinski definition) is 0. The lowest BCUT2D eigenvalue weighted by Crippen LogP contribution is -2.05. The van der Waals surface area contributed by atoms with Crippen LogP contribution in [-0.4, -0.2) is 18.9 Å². The molecule has 1 aromatic rings. The molecule has 0 saturated carbocycles. The largest absolute Gasteiger partial charge is 0.522 e. The van der Waals surface area contributed by atoms with E-state index in [1.165, 1.54) is 0 Å². The van der Waals surface area contributed by atoms with E-state index in [1.54, 1.807) is 0 Å². The van der Waals surface area contributed by atoms with E-state index in [0.29, 0.717) is 6.61 Å². The van der Waals surface area contributed by atoms with Gasteiger partial charge < -0.3 is 4.74 Å². The van der Waals surface area contributed by atoms with Crippen LogP contribution < -0.4 is 4.74 Å². The molecule has 1 aromatic carbocycles. The minimum Gasteiger partial charge on any atom is -0.494 e. The molecule has 0 N–H and O–H groups in total. The minimum absolute atomic E-state index is 0.621. The molecule has 0 bridgehead atoms. The van der Waals surface area contributed by atoms with Gasteiger partial charge >= 0.3 is 12.3 Å². The maximum Gasteiger partial charge on any atom is 0.522 e. The molecule has 0 unspecified atom stereocenters. The van der Waals surface area contributed by atoms with Crippen LogP contribution in [0.1, 0.15) is 11.1 Å². The van der Waals surface area contributed by atoms with Crippen molar-refractivity contribution >= 4 is 32.4 Å². The van der Waals surface area contributed by atoms with Crippen molar-refractivity contribution in [1.82, 2.24) is 0 Å². The number of aryl methyl sites for hydroxylation is 2. The van der Waals surface area contributed by atoms with E-state index in [2.05, 4.69) is 0 Å². The number of ether oxygens (including phenoxy) is 1. The molecule has 0 fully saturated rings. The lowest BCUT2D eigenvalue weighted by Gasteiger charge is -2.11. The average Bonchev–Trinajstić information content (AvgIpc) is 2.09. The Bertz CT molecular complexity index is 282. The SMILES string of the molecule is Cc1cccc(C)c1OC[CH2][Al]([Cl])[Cl]. The molecule has 0 radical (unpaired) electrons. The van der Waals surface area contributed by atoms with Gasteiger partial charge in [0, 0.05) is 0 Å². The van der Waals surface area contributed by atoms with Crippen LogP contribution in [0.25, 0.3) is 0 Å². The summed E-state index contributed by atoms with van der Waals surface area (Å²) in [5.74, 6) is 0.968. The zero-order valence-electron chi connectivity index (χ0n) is 8.39. The van der Waals surface area contributed by atoms with Crippen LogP contribution in [0.4, 0.5) is 0 Å². The summed E-state index contributed by atoms with van der Waals surface area (Å²) in [6.45, 7) is 4.70. The van der Waals surface area contributed by atoms with Crippen LogP contribution in [0, 0.1) is 13.8 Å². The predicted molar refractivity (Wildman–Crippen MR) is 63.7 cm³/mol. The molecule has 0 saturated heterocycles. The van der Waals surface area contributed by atoms with Crippen molar-refractivity contribution in [2.24, 2.45) is 0 Å². The van der Waals surface area contributed by atoms with Gasteiger partial charge in [-0.3, -0.25) is 0 Å². The molecule has 1 rings (SSSR count). The highest BCUT2D eigenvalue weighted by molar-refractivity contribution is 7.33. The highest BCUT2D eigenvalue weighted by Gasteiger charge is 2.11. The molecule has 0 aliphatic heterocycles. The zero-order chi connectivity index (χ0) is 10.6.